The Bertz CT molecular complexity index is 1580. The number of aromatic nitrogens is 3. The highest BCUT2D eigenvalue weighted by Crippen LogP contribution is 2.32. The number of nitrogens with one attached hydrogen (secondary N) is 1. The topological polar surface area (TPSA) is 112 Å². The van der Waals surface area contributed by atoms with E-state index >= 15 is 0 Å². The summed E-state index contributed by atoms with van der Waals surface area (Å²) in [5, 5.41) is 8.33. The van der Waals surface area contributed by atoms with E-state index in [0.717, 1.165) is 16.9 Å². The zero-order valence-electron chi connectivity index (χ0n) is 21.6. The largest absolute Gasteiger partial charge is 0.497 e. The second-order valence-electron chi connectivity index (χ2n) is 9.42. The van der Waals surface area contributed by atoms with E-state index in [9.17, 15) is 13.2 Å². The molecule has 2 aromatic heterocycles. The molecule has 3 heterocycles. The Labute approximate surface area is 221 Å². The van der Waals surface area contributed by atoms with Gasteiger partial charge in [-0.05, 0) is 67.8 Å². The molecule has 1 unspecified atom stereocenters. The van der Waals surface area contributed by atoms with E-state index in [1.54, 1.807) is 25.0 Å². The normalized spacial score (nSPS) is 16.4. The maximum Gasteiger partial charge on any atom is 0.252 e. The molecule has 0 radical (unpaired) electrons. The summed E-state index contributed by atoms with van der Waals surface area (Å²) in [6, 6.07) is 16.6. The van der Waals surface area contributed by atoms with Gasteiger partial charge in [0.25, 0.3) is 5.91 Å². The molecule has 1 N–H and O–H groups in total. The van der Waals surface area contributed by atoms with E-state index in [1.807, 2.05) is 55.5 Å². The lowest BCUT2D eigenvalue weighted by atomic mass is 10.0. The Balaban J connectivity index is 1.50. The van der Waals surface area contributed by atoms with E-state index < -0.39 is 9.84 Å². The first-order valence-corrected chi connectivity index (χ1v) is 14.3. The van der Waals surface area contributed by atoms with Gasteiger partial charge in [0.1, 0.15) is 11.5 Å². The van der Waals surface area contributed by atoms with Crippen molar-refractivity contribution in [2.75, 3.05) is 32.3 Å². The molecule has 0 bridgehead atoms. The number of carbonyl (C=O) groups excluding carboxylic acids is 1. The van der Waals surface area contributed by atoms with Crippen molar-refractivity contribution in [3.8, 4) is 22.8 Å². The van der Waals surface area contributed by atoms with Crippen LogP contribution in [0, 0.1) is 6.92 Å². The van der Waals surface area contributed by atoms with Crippen molar-refractivity contribution in [2.45, 2.75) is 25.8 Å². The number of hydrogen-bond donors (Lipinski definition) is 1. The first-order chi connectivity index (χ1) is 18.3. The fraction of sp³-hybridized carbons (Fsp3) is 0.321. The molecule has 1 aliphatic rings. The van der Waals surface area contributed by atoms with Crippen LogP contribution < -0.4 is 14.8 Å². The summed E-state index contributed by atoms with van der Waals surface area (Å²) >= 11 is 0. The minimum atomic E-state index is -3.13. The number of nitrogens with zero attached hydrogens (tertiary/aromatic N) is 3. The number of ether oxygens (including phenoxy) is 2. The molecule has 1 saturated heterocycles. The third kappa shape index (κ3) is 5.22. The first-order valence-electron chi connectivity index (χ1n) is 12.4. The van der Waals surface area contributed by atoms with Crippen LogP contribution >= 0.6 is 0 Å². The van der Waals surface area contributed by atoms with E-state index in [2.05, 4.69) is 10.4 Å². The van der Waals surface area contributed by atoms with Gasteiger partial charge < -0.3 is 14.8 Å². The van der Waals surface area contributed by atoms with E-state index in [4.69, 9.17) is 14.5 Å². The standard InChI is InChI=1S/C28H30N4O5S/c1-18-26-24(28(33)29-14-12-19-4-8-22(36-2)9-5-19)16-25(20-6-10-23(37-3)11-7-20)30-27(26)32(31-18)21-13-15-38(34,35)17-21/h4-11,16,21H,12-15,17H2,1-3H3,(H,29,33). The van der Waals surface area contributed by atoms with Gasteiger partial charge in [-0.1, -0.05) is 12.1 Å². The Morgan fingerprint density at radius 2 is 1.71 bits per heavy atom. The summed E-state index contributed by atoms with van der Waals surface area (Å²) in [6.45, 7) is 2.27. The van der Waals surface area contributed by atoms with Gasteiger partial charge in [-0.25, -0.2) is 18.1 Å². The number of fused-ring (bicyclic) bond motifs is 1. The lowest BCUT2D eigenvalue weighted by Crippen LogP contribution is -2.26. The van der Waals surface area contributed by atoms with Crippen LogP contribution in [-0.4, -0.2) is 61.4 Å². The van der Waals surface area contributed by atoms with Gasteiger partial charge >= 0.3 is 0 Å². The maximum absolute atomic E-state index is 13.5. The second-order valence-corrected chi connectivity index (χ2v) is 11.7. The van der Waals surface area contributed by atoms with Crippen LogP contribution in [0.15, 0.2) is 54.6 Å². The van der Waals surface area contributed by atoms with Crippen LogP contribution in [0.5, 0.6) is 11.5 Å². The van der Waals surface area contributed by atoms with Crippen molar-refractivity contribution >= 4 is 26.8 Å². The lowest BCUT2D eigenvalue weighted by molar-refractivity contribution is 0.0955. The summed E-state index contributed by atoms with van der Waals surface area (Å²) < 4.78 is 36.6. The Morgan fingerprint density at radius 3 is 2.32 bits per heavy atom. The van der Waals surface area contributed by atoms with Crippen molar-refractivity contribution in [1.82, 2.24) is 20.1 Å². The molecular weight excluding hydrogens is 504 g/mol. The number of pyridine rings is 1. The molecule has 1 amide bonds. The summed E-state index contributed by atoms with van der Waals surface area (Å²) in [5.41, 5.74) is 4.10. The molecule has 0 saturated carbocycles. The van der Waals surface area contributed by atoms with Gasteiger partial charge in [0.05, 0.1) is 54.1 Å². The van der Waals surface area contributed by atoms with Crippen molar-refractivity contribution in [3.05, 3.63) is 71.4 Å². The van der Waals surface area contributed by atoms with Crippen LogP contribution in [0.3, 0.4) is 0 Å². The molecule has 198 valence electrons. The van der Waals surface area contributed by atoms with Crippen LogP contribution in [0.1, 0.15) is 34.1 Å². The van der Waals surface area contributed by atoms with Crippen molar-refractivity contribution < 1.29 is 22.7 Å². The molecule has 2 aromatic carbocycles. The second kappa shape index (κ2) is 10.4. The predicted octanol–water partition coefficient (Wildman–Crippen LogP) is 3.76. The minimum Gasteiger partial charge on any atom is -0.497 e. The first kappa shape index (κ1) is 25.7. The highest BCUT2D eigenvalue weighted by atomic mass is 32.2. The molecule has 0 aliphatic carbocycles. The van der Waals surface area contributed by atoms with Crippen LogP contribution in [-0.2, 0) is 16.3 Å². The summed E-state index contributed by atoms with van der Waals surface area (Å²) in [7, 11) is 0.0955. The molecular formula is C28H30N4O5S. The molecule has 0 spiro atoms. The molecule has 1 aliphatic heterocycles. The number of amides is 1. The summed E-state index contributed by atoms with van der Waals surface area (Å²) in [5.74, 6) is 1.40. The fourth-order valence-electron chi connectivity index (χ4n) is 4.83. The van der Waals surface area contributed by atoms with Crippen molar-refractivity contribution in [1.29, 1.82) is 0 Å². The molecule has 1 atom stereocenters. The number of methoxy groups -OCH3 is 2. The van der Waals surface area contributed by atoms with Crippen LogP contribution in [0.25, 0.3) is 22.3 Å². The fourth-order valence-corrected chi connectivity index (χ4v) is 6.52. The zero-order chi connectivity index (χ0) is 26.9. The number of hydrogen-bond acceptors (Lipinski definition) is 7. The number of aryl methyl sites for hydroxylation is 1. The number of benzene rings is 2. The van der Waals surface area contributed by atoms with E-state index in [-0.39, 0.29) is 23.5 Å². The van der Waals surface area contributed by atoms with Gasteiger partial charge in [0, 0.05) is 12.1 Å². The van der Waals surface area contributed by atoms with Crippen molar-refractivity contribution in [3.63, 3.8) is 0 Å². The summed E-state index contributed by atoms with van der Waals surface area (Å²) in [6.07, 6.45) is 1.13. The molecule has 5 rings (SSSR count). The lowest BCUT2D eigenvalue weighted by Gasteiger charge is -2.13. The maximum atomic E-state index is 13.5. The summed E-state index contributed by atoms with van der Waals surface area (Å²) in [4.78, 5) is 18.4. The number of carbonyl (C=O) groups is 1. The highest BCUT2D eigenvalue weighted by molar-refractivity contribution is 7.91. The highest BCUT2D eigenvalue weighted by Gasteiger charge is 2.32. The number of sulfone groups is 1. The van der Waals surface area contributed by atoms with Crippen LogP contribution in [0.4, 0.5) is 0 Å². The zero-order valence-corrected chi connectivity index (χ0v) is 22.4. The van der Waals surface area contributed by atoms with Crippen LogP contribution in [0.2, 0.25) is 0 Å². The number of rotatable bonds is 8. The third-order valence-corrected chi connectivity index (χ3v) is 8.63. The molecule has 38 heavy (non-hydrogen) atoms. The quantitative estimate of drug-likeness (QED) is 0.366. The van der Waals surface area contributed by atoms with Gasteiger partial charge in [0.15, 0.2) is 15.5 Å². The van der Waals surface area contributed by atoms with E-state index in [0.29, 0.717) is 53.1 Å². The van der Waals surface area contributed by atoms with Gasteiger partial charge in [-0.15, -0.1) is 0 Å². The minimum absolute atomic E-state index is 0.0149. The van der Waals surface area contributed by atoms with Gasteiger partial charge in [-0.3, -0.25) is 4.79 Å². The monoisotopic (exact) mass is 534 g/mol. The average Bonchev–Trinajstić information content (AvgIpc) is 3.46. The average molecular weight is 535 g/mol. The van der Waals surface area contributed by atoms with E-state index in [1.165, 1.54) is 0 Å². The van der Waals surface area contributed by atoms with Gasteiger partial charge in [0.2, 0.25) is 0 Å². The molecule has 10 heteroatoms. The molecule has 4 aromatic rings. The molecule has 1 fully saturated rings. The SMILES string of the molecule is COc1ccc(CCNC(=O)c2cc(-c3ccc(OC)cc3)nc3c2c(C)nn3C2CCS(=O)(=O)C2)cc1. The van der Waals surface area contributed by atoms with Crippen molar-refractivity contribution in [2.24, 2.45) is 0 Å². The predicted molar refractivity (Wildman–Crippen MR) is 146 cm³/mol. The Hall–Kier alpha value is -3.92. The Kier molecular flexibility index (Phi) is 7.07. The Morgan fingerprint density at radius 1 is 1.05 bits per heavy atom. The van der Waals surface area contributed by atoms with Gasteiger partial charge in [-0.2, -0.15) is 5.10 Å². The third-order valence-electron chi connectivity index (χ3n) is 6.88. The molecule has 9 nitrogen and oxygen atoms in total. The smallest absolute Gasteiger partial charge is 0.252 e.